The van der Waals surface area contributed by atoms with Crippen LogP contribution in [-0.2, 0) is 11.2 Å². The fraction of sp³-hybridized carbons (Fsp3) is 0.238. The summed E-state index contributed by atoms with van der Waals surface area (Å²) in [5.74, 6) is 1.41. The fourth-order valence-electron chi connectivity index (χ4n) is 3.17. The third kappa shape index (κ3) is 4.30. The smallest absolute Gasteiger partial charge is 0.224 e. The van der Waals surface area contributed by atoms with Gasteiger partial charge in [0, 0.05) is 41.2 Å². The maximum Gasteiger partial charge on any atom is 0.224 e. The number of benzene rings is 1. The van der Waals surface area contributed by atoms with Crippen molar-refractivity contribution >= 4 is 35.1 Å². The predicted molar refractivity (Wildman–Crippen MR) is 115 cm³/mol. The number of nitrogens with zero attached hydrogens (tertiary/aromatic N) is 4. The van der Waals surface area contributed by atoms with Crippen molar-refractivity contribution < 1.29 is 4.79 Å². The zero-order valence-corrected chi connectivity index (χ0v) is 17.2. The van der Waals surface area contributed by atoms with E-state index in [-0.39, 0.29) is 5.91 Å². The van der Waals surface area contributed by atoms with E-state index in [4.69, 9.17) is 4.98 Å². The standard InChI is InChI=1S/C21H21N7OS/c1-13-9-17(27-26-13)24-21-25-20(12-18-22-7-8-28(18)21)30-16-4-2-3-14(10-16)11-19(29)23-15-5-6-15/h2-4,7-10,12,15H,5-6,11H2,1H3,(H,23,29)(H2,24,25,26,27). The minimum Gasteiger partial charge on any atom is -0.353 e. The zero-order valence-electron chi connectivity index (χ0n) is 16.4. The van der Waals surface area contributed by atoms with Crippen LogP contribution in [0.15, 0.2) is 58.7 Å². The second-order valence-corrected chi connectivity index (χ2v) is 8.50. The van der Waals surface area contributed by atoms with Crippen LogP contribution in [0.4, 0.5) is 11.8 Å². The molecule has 3 N–H and O–H groups in total. The van der Waals surface area contributed by atoms with Crippen molar-refractivity contribution in [3.63, 3.8) is 0 Å². The summed E-state index contributed by atoms with van der Waals surface area (Å²) in [4.78, 5) is 22.3. The molecule has 0 atom stereocenters. The molecule has 8 nitrogen and oxygen atoms in total. The average Bonchev–Trinajstić information content (AvgIpc) is 3.21. The van der Waals surface area contributed by atoms with E-state index in [2.05, 4.69) is 25.8 Å². The Bertz CT molecular complexity index is 1210. The summed E-state index contributed by atoms with van der Waals surface area (Å²) in [6.45, 7) is 1.95. The van der Waals surface area contributed by atoms with Crippen LogP contribution >= 0.6 is 11.8 Å². The summed E-state index contributed by atoms with van der Waals surface area (Å²) >= 11 is 1.54. The molecule has 5 rings (SSSR count). The number of amides is 1. The minimum atomic E-state index is 0.0809. The molecule has 1 aliphatic rings. The SMILES string of the molecule is Cc1cc(Nc2nc(Sc3cccc(CC(=O)NC4CC4)c3)cc3nccn23)n[nH]1. The van der Waals surface area contributed by atoms with Gasteiger partial charge in [-0.3, -0.25) is 14.3 Å². The number of anilines is 2. The minimum absolute atomic E-state index is 0.0809. The number of rotatable bonds is 7. The Morgan fingerprint density at radius 2 is 2.20 bits per heavy atom. The highest BCUT2D eigenvalue weighted by atomic mass is 32.2. The molecule has 0 spiro atoms. The lowest BCUT2D eigenvalue weighted by molar-refractivity contribution is -0.120. The number of aromatic amines is 1. The first-order valence-electron chi connectivity index (χ1n) is 9.82. The van der Waals surface area contributed by atoms with Gasteiger partial charge >= 0.3 is 0 Å². The van der Waals surface area contributed by atoms with Gasteiger partial charge in [-0.1, -0.05) is 23.9 Å². The number of hydrogen-bond acceptors (Lipinski definition) is 6. The van der Waals surface area contributed by atoms with E-state index in [0.717, 1.165) is 39.7 Å². The largest absolute Gasteiger partial charge is 0.353 e. The van der Waals surface area contributed by atoms with Gasteiger partial charge in [-0.05, 0) is 37.5 Å². The summed E-state index contributed by atoms with van der Waals surface area (Å²) in [6, 6.07) is 12.3. The third-order valence-electron chi connectivity index (χ3n) is 4.74. The molecule has 1 aliphatic carbocycles. The van der Waals surface area contributed by atoms with Crippen molar-refractivity contribution in [3.8, 4) is 0 Å². The molecule has 30 heavy (non-hydrogen) atoms. The number of aromatic nitrogens is 5. The number of aryl methyl sites for hydroxylation is 1. The third-order valence-corrected chi connectivity index (χ3v) is 5.65. The highest BCUT2D eigenvalue weighted by molar-refractivity contribution is 7.99. The van der Waals surface area contributed by atoms with Crippen molar-refractivity contribution in [3.05, 3.63) is 60.0 Å². The Morgan fingerprint density at radius 1 is 1.30 bits per heavy atom. The molecule has 0 radical (unpaired) electrons. The lowest BCUT2D eigenvalue weighted by atomic mass is 10.1. The van der Waals surface area contributed by atoms with E-state index in [0.29, 0.717) is 24.2 Å². The Balaban J connectivity index is 1.37. The topological polar surface area (TPSA) is 100 Å². The number of H-pyrrole nitrogens is 1. The van der Waals surface area contributed by atoms with Gasteiger partial charge in [0.2, 0.25) is 11.9 Å². The molecule has 0 saturated heterocycles. The van der Waals surface area contributed by atoms with Crippen LogP contribution in [0.5, 0.6) is 0 Å². The lowest BCUT2D eigenvalue weighted by Crippen LogP contribution is -2.26. The lowest BCUT2D eigenvalue weighted by Gasteiger charge is -2.09. The van der Waals surface area contributed by atoms with Crippen LogP contribution < -0.4 is 10.6 Å². The molecule has 1 fully saturated rings. The molecule has 3 heterocycles. The Kier molecular flexibility index (Phi) is 4.88. The average molecular weight is 420 g/mol. The van der Waals surface area contributed by atoms with E-state index >= 15 is 0 Å². The Labute approximate surface area is 177 Å². The van der Waals surface area contributed by atoms with Crippen LogP contribution in [0.3, 0.4) is 0 Å². The molecule has 9 heteroatoms. The maximum absolute atomic E-state index is 12.1. The molecule has 1 saturated carbocycles. The van der Waals surface area contributed by atoms with E-state index < -0.39 is 0 Å². The number of nitrogens with one attached hydrogen (secondary N) is 3. The number of imidazole rings is 1. The molecule has 0 bridgehead atoms. The fourth-order valence-corrected chi connectivity index (χ4v) is 4.07. The van der Waals surface area contributed by atoms with Crippen LogP contribution in [-0.4, -0.2) is 36.5 Å². The molecular weight excluding hydrogens is 398 g/mol. The molecule has 0 unspecified atom stereocenters. The zero-order chi connectivity index (χ0) is 20.5. The monoisotopic (exact) mass is 419 g/mol. The van der Waals surface area contributed by atoms with Gasteiger partial charge < -0.3 is 10.6 Å². The predicted octanol–water partition coefficient (Wildman–Crippen LogP) is 3.48. The molecule has 1 amide bonds. The van der Waals surface area contributed by atoms with Crippen LogP contribution in [0.25, 0.3) is 5.65 Å². The van der Waals surface area contributed by atoms with E-state index in [1.807, 2.05) is 53.9 Å². The van der Waals surface area contributed by atoms with Crippen molar-refractivity contribution in [2.45, 2.75) is 42.1 Å². The van der Waals surface area contributed by atoms with Gasteiger partial charge in [0.05, 0.1) is 6.42 Å². The van der Waals surface area contributed by atoms with Crippen LogP contribution in [0.1, 0.15) is 24.1 Å². The first-order chi connectivity index (χ1) is 14.6. The number of carbonyl (C=O) groups excluding carboxylic acids is 1. The summed E-state index contributed by atoms with van der Waals surface area (Å²) < 4.78 is 1.88. The van der Waals surface area contributed by atoms with E-state index in [9.17, 15) is 4.79 Å². The van der Waals surface area contributed by atoms with Crippen molar-refractivity contribution in [2.75, 3.05) is 5.32 Å². The van der Waals surface area contributed by atoms with Gasteiger partial charge in [-0.15, -0.1) is 0 Å². The Hall–Kier alpha value is -3.33. The molecule has 3 aromatic heterocycles. The van der Waals surface area contributed by atoms with E-state index in [1.54, 1.807) is 6.20 Å². The second-order valence-electron chi connectivity index (χ2n) is 7.40. The quantitative estimate of drug-likeness (QED) is 0.397. The Morgan fingerprint density at radius 3 is 3.00 bits per heavy atom. The highest BCUT2D eigenvalue weighted by Crippen LogP contribution is 2.29. The molecule has 4 aromatic rings. The van der Waals surface area contributed by atoms with Gasteiger partial charge in [-0.2, -0.15) is 5.10 Å². The van der Waals surface area contributed by atoms with Crippen molar-refractivity contribution in [2.24, 2.45) is 0 Å². The molecule has 0 aliphatic heterocycles. The van der Waals surface area contributed by atoms with Gasteiger partial charge in [0.1, 0.15) is 10.7 Å². The number of hydrogen-bond donors (Lipinski definition) is 3. The normalized spacial score (nSPS) is 13.5. The summed E-state index contributed by atoms with van der Waals surface area (Å²) in [7, 11) is 0. The highest BCUT2D eigenvalue weighted by Gasteiger charge is 2.23. The molecular formula is C21H21N7OS. The van der Waals surface area contributed by atoms with Crippen LogP contribution in [0, 0.1) is 6.92 Å². The summed E-state index contributed by atoms with van der Waals surface area (Å²) in [5, 5.41) is 14.2. The van der Waals surface area contributed by atoms with Crippen molar-refractivity contribution in [1.29, 1.82) is 0 Å². The van der Waals surface area contributed by atoms with Crippen LogP contribution in [0.2, 0.25) is 0 Å². The number of fused-ring (bicyclic) bond motifs is 1. The molecule has 152 valence electrons. The molecule has 1 aromatic carbocycles. The second kappa shape index (κ2) is 7.83. The van der Waals surface area contributed by atoms with E-state index in [1.165, 1.54) is 11.8 Å². The van der Waals surface area contributed by atoms with Gasteiger partial charge in [0.15, 0.2) is 5.82 Å². The maximum atomic E-state index is 12.1. The summed E-state index contributed by atoms with van der Waals surface area (Å²) in [6.07, 6.45) is 6.18. The van der Waals surface area contributed by atoms with Crippen molar-refractivity contribution in [1.82, 2.24) is 29.9 Å². The first kappa shape index (κ1) is 18.7. The first-order valence-corrected chi connectivity index (χ1v) is 10.6. The van der Waals surface area contributed by atoms with Gasteiger partial charge in [-0.25, -0.2) is 9.97 Å². The number of carbonyl (C=O) groups is 1. The summed E-state index contributed by atoms with van der Waals surface area (Å²) in [5.41, 5.74) is 2.75. The van der Waals surface area contributed by atoms with Gasteiger partial charge in [0.25, 0.3) is 0 Å².